The van der Waals surface area contributed by atoms with Crippen LogP contribution in [-0.4, -0.2) is 48.3 Å². The summed E-state index contributed by atoms with van der Waals surface area (Å²) in [5, 5.41) is 8.97. The first-order valence-electron chi connectivity index (χ1n) is 6.55. The quantitative estimate of drug-likeness (QED) is 0.741. The summed E-state index contributed by atoms with van der Waals surface area (Å²) in [6.07, 6.45) is 2.54. The molecule has 100 valence electrons. The molecule has 4 nitrogen and oxygen atoms in total. The second-order valence-corrected chi connectivity index (χ2v) is 5.49. The minimum Gasteiger partial charge on any atom is -0.481 e. The second kappa shape index (κ2) is 6.97. The van der Waals surface area contributed by atoms with Crippen LogP contribution in [0, 0.1) is 11.8 Å². The van der Waals surface area contributed by atoms with Crippen LogP contribution in [0.2, 0.25) is 0 Å². The third-order valence-electron chi connectivity index (χ3n) is 3.06. The summed E-state index contributed by atoms with van der Waals surface area (Å²) in [6.45, 7) is 9.38. The largest absolute Gasteiger partial charge is 0.481 e. The van der Waals surface area contributed by atoms with E-state index in [2.05, 4.69) is 18.7 Å². The summed E-state index contributed by atoms with van der Waals surface area (Å²) >= 11 is 0. The molecule has 1 aliphatic rings. The Bertz CT molecular complexity index is 237. The van der Waals surface area contributed by atoms with E-state index in [4.69, 9.17) is 9.84 Å². The lowest BCUT2D eigenvalue weighted by atomic mass is 10.1. The number of carboxylic acids is 1. The molecule has 1 heterocycles. The first-order valence-corrected chi connectivity index (χ1v) is 6.55. The Morgan fingerprint density at radius 1 is 1.41 bits per heavy atom. The molecule has 0 aromatic rings. The predicted octanol–water partition coefficient (Wildman–Crippen LogP) is 1.84. The number of carbonyl (C=O) groups is 1. The highest BCUT2D eigenvalue weighted by Gasteiger charge is 2.22. The first kappa shape index (κ1) is 14.5. The lowest BCUT2D eigenvalue weighted by Gasteiger charge is -2.28. The van der Waals surface area contributed by atoms with E-state index >= 15 is 0 Å². The van der Waals surface area contributed by atoms with Gasteiger partial charge < -0.3 is 9.84 Å². The van der Waals surface area contributed by atoms with E-state index < -0.39 is 5.97 Å². The van der Waals surface area contributed by atoms with Gasteiger partial charge in [0.2, 0.25) is 0 Å². The highest BCUT2D eigenvalue weighted by atomic mass is 16.5. The maximum absolute atomic E-state index is 10.9. The highest BCUT2D eigenvalue weighted by molar-refractivity contribution is 5.69. The van der Waals surface area contributed by atoms with Gasteiger partial charge in [-0.2, -0.15) is 0 Å². The molecule has 0 amide bonds. The lowest BCUT2D eigenvalue weighted by molar-refractivity contribution is -0.141. The summed E-state index contributed by atoms with van der Waals surface area (Å²) < 4.78 is 5.62. The molecular formula is C13H25NO3. The molecule has 0 aromatic carbocycles. The fraction of sp³-hybridized carbons (Fsp3) is 0.923. The number of ether oxygens (including phenoxy) is 1. The van der Waals surface area contributed by atoms with Gasteiger partial charge in [-0.15, -0.1) is 0 Å². The van der Waals surface area contributed by atoms with E-state index in [0.717, 1.165) is 32.5 Å². The zero-order chi connectivity index (χ0) is 12.8. The average Bonchev–Trinajstić information content (AvgIpc) is 2.68. The van der Waals surface area contributed by atoms with Crippen molar-refractivity contribution in [1.29, 1.82) is 0 Å². The molecule has 1 fully saturated rings. The zero-order valence-electron chi connectivity index (χ0n) is 11.2. The van der Waals surface area contributed by atoms with Gasteiger partial charge in [-0.3, -0.25) is 9.69 Å². The minimum atomic E-state index is -0.717. The first-order chi connectivity index (χ1) is 7.99. The normalized spacial score (nSPS) is 22.3. The van der Waals surface area contributed by atoms with E-state index in [-0.39, 0.29) is 5.92 Å². The van der Waals surface area contributed by atoms with Crippen molar-refractivity contribution < 1.29 is 14.6 Å². The molecule has 0 aromatic heterocycles. The van der Waals surface area contributed by atoms with Crippen molar-refractivity contribution >= 4 is 5.97 Å². The number of rotatable bonds is 7. The van der Waals surface area contributed by atoms with Gasteiger partial charge in [-0.1, -0.05) is 20.8 Å². The Morgan fingerprint density at radius 3 is 2.59 bits per heavy atom. The Kier molecular flexibility index (Phi) is 5.92. The number of aliphatic carboxylic acids is 1. The Hall–Kier alpha value is -0.610. The number of nitrogens with zero attached hydrogens (tertiary/aromatic N) is 1. The lowest BCUT2D eigenvalue weighted by Crippen LogP contribution is -2.39. The van der Waals surface area contributed by atoms with E-state index in [1.54, 1.807) is 6.92 Å². The molecule has 0 aliphatic carbocycles. The number of hydrogen-bond acceptors (Lipinski definition) is 3. The van der Waals surface area contributed by atoms with Gasteiger partial charge in [0, 0.05) is 26.2 Å². The molecule has 1 saturated heterocycles. The monoisotopic (exact) mass is 243 g/mol. The number of carboxylic acid groups (broad SMARTS) is 1. The van der Waals surface area contributed by atoms with Crippen LogP contribution in [-0.2, 0) is 9.53 Å². The van der Waals surface area contributed by atoms with Gasteiger partial charge in [0.25, 0.3) is 0 Å². The van der Waals surface area contributed by atoms with Gasteiger partial charge in [0.1, 0.15) is 0 Å². The molecule has 0 spiro atoms. The fourth-order valence-corrected chi connectivity index (χ4v) is 2.28. The molecule has 0 saturated carbocycles. The van der Waals surface area contributed by atoms with E-state index in [1.807, 2.05) is 0 Å². The van der Waals surface area contributed by atoms with Crippen molar-refractivity contribution in [3.63, 3.8) is 0 Å². The van der Waals surface area contributed by atoms with E-state index in [9.17, 15) is 4.79 Å². The molecule has 0 radical (unpaired) electrons. The molecule has 1 N–H and O–H groups in total. The third-order valence-corrected chi connectivity index (χ3v) is 3.06. The predicted molar refractivity (Wildman–Crippen MR) is 67.1 cm³/mol. The van der Waals surface area contributed by atoms with Crippen molar-refractivity contribution in [2.45, 2.75) is 39.7 Å². The highest BCUT2D eigenvalue weighted by Crippen LogP contribution is 2.15. The molecule has 1 rings (SSSR count). The maximum atomic E-state index is 10.9. The molecule has 2 unspecified atom stereocenters. The van der Waals surface area contributed by atoms with Crippen LogP contribution in [0.1, 0.15) is 33.6 Å². The third kappa shape index (κ3) is 5.50. The summed E-state index contributed by atoms with van der Waals surface area (Å²) in [7, 11) is 0. The van der Waals surface area contributed by atoms with Gasteiger partial charge in [0.05, 0.1) is 12.0 Å². The minimum absolute atomic E-state index is 0.301. The molecule has 17 heavy (non-hydrogen) atoms. The smallest absolute Gasteiger partial charge is 0.307 e. The van der Waals surface area contributed by atoms with E-state index in [1.165, 1.54) is 0 Å². The van der Waals surface area contributed by atoms with Crippen molar-refractivity contribution in [2.24, 2.45) is 11.8 Å². The van der Waals surface area contributed by atoms with Gasteiger partial charge in [0.15, 0.2) is 0 Å². The number of hydrogen-bond donors (Lipinski definition) is 1. The standard InChI is InChI=1S/C13H25NO3/c1-10(2)7-14(8-11(3)13(15)16)9-12-5-4-6-17-12/h10-12H,4-9H2,1-3H3,(H,15,16). The zero-order valence-corrected chi connectivity index (χ0v) is 11.2. The van der Waals surface area contributed by atoms with Crippen molar-refractivity contribution in [2.75, 3.05) is 26.2 Å². The van der Waals surface area contributed by atoms with Crippen molar-refractivity contribution in [3.8, 4) is 0 Å². The van der Waals surface area contributed by atoms with Crippen LogP contribution in [0.5, 0.6) is 0 Å². The van der Waals surface area contributed by atoms with Crippen LogP contribution < -0.4 is 0 Å². The van der Waals surface area contributed by atoms with Gasteiger partial charge in [-0.05, 0) is 18.8 Å². The van der Waals surface area contributed by atoms with Crippen LogP contribution in [0.4, 0.5) is 0 Å². The maximum Gasteiger partial charge on any atom is 0.307 e. The average molecular weight is 243 g/mol. The van der Waals surface area contributed by atoms with Crippen LogP contribution in [0.25, 0.3) is 0 Å². The summed E-state index contributed by atoms with van der Waals surface area (Å²) in [5.41, 5.74) is 0. The van der Waals surface area contributed by atoms with Crippen LogP contribution >= 0.6 is 0 Å². The molecule has 4 heteroatoms. The Morgan fingerprint density at radius 2 is 2.12 bits per heavy atom. The summed E-state index contributed by atoms with van der Waals surface area (Å²) in [5.74, 6) is -0.473. The molecule has 2 atom stereocenters. The van der Waals surface area contributed by atoms with Gasteiger partial charge >= 0.3 is 5.97 Å². The Balaban J connectivity index is 2.43. The second-order valence-electron chi connectivity index (χ2n) is 5.49. The fourth-order valence-electron chi connectivity index (χ4n) is 2.28. The SMILES string of the molecule is CC(C)CN(CC1CCCO1)CC(C)C(=O)O. The van der Waals surface area contributed by atoms with Crippen molar-refractivity contribution in [1.82, 2.24) is 4.90 Å². The molecular weight excluding hydrogens is 218 g/mol. The molecule has 0 bridgehead atoms. The van der Waals surface area contributed by atoms with Crippen LogP contribution in [0.15, 0.2) is 0 Å². The summed E-state index contributed by atoms with van der Waals surface area (Å²) in [4.78, 5) is 13.1. The van der Waals surface area contributed by atoms with Crippen molar-refractivity contribution in [3.05, 3.63) is 0 Å². The topological polar surface area (TPSA) is 49.8 Å². The van der Waals surface area contributed by atoms with E-state index in [0.29, 0.717) is 18.6 Å². The van der Waals surface area contributed by atoms with Gasteiger partial charge in [-0.25, -0.2) is 0 Å². The van der Waals surface area contributed by atoms with Crippen LogP contribution in [0.3, 0.4) is 0 Å². The Labute approximate surface area is 104 Å². The molecule has 1 aliphatic heterocycles. The summed E-state index contributed by atoms with van der Waals surface area (Å²) in [6, 6.07) is 0.